The van der Waals surface area contributed by atoms with Gasteiger partial charge >= 0.3 is 0 Å². The number of thioether (sulfide) groups is 1. The molecule has 0 aromatic carbocycles. The average molecular weight is 330 g/mol. The molecular weight excluding hydrogens is 308 g/mol. The molecule has 0 aliphatic carbocycles. The fraction of sp³-hybridized carbons (Fsp3) is 0.692. The molecule has 0 radical (unpaired) electrons. The van der Waals surface area contributed by atoms with E-state index >= 15 is 0 Å². The minimum atomic E-state index is -3.04. The number of hydrogen-bond donors (Lipinski definition) is 1. The standard InChI is InChI=1S/C13H22N4O2S2/c1-10-8-14-13(16-12(10)20-2)15-9-11-4-6-17(7-5-11)21(3,18)19/h8,11H,4-7,9H2,1-3H3,(H,14,15,16). The molecule has 0 saturated carbocycles. The molecular formula is C13H22N4O2S2. The largest absolute Gasteiger partial charge is 0.354 e. The van der Waals surface area contributed by atoms with Gasteiger partial charge in [0.25, 0.3) is 0 Å². The van der Waals surface area contributed by atoms with Gasteiger partial charge in [-0.15, -0.1) is 11.8 Å². The maximum Gasteiger partial charge on any atom is 0.223 e. The van der Waals surface area contributed by atoms with Crippen LogP contribution in [-0.4, -0.2) is 54.8 Å². The summed E-state index contributed by atoms with van der Waals surface area (Å²) in [5, 5.41) is 4.25. The van der Waals surface area contributed by atoms with E-state index in [9.17, 15) is 8.42 Å². The molecule has 1 aliphatic rings. The van der Waals surface area contributed by atoms with Crippen molar-refractivity contribution in [1.82, 2.24) is 14.3 Å². The van der Waals surface area contributed by atoms with Gasteiger partial charge < -0.3 is 5.32 Å². The number of sulfonamides is 1. The fourth-order valence-corrected chi connectivity index (χ4v) is 3.83. The maximum absolute atomic E-state index is 11.5. The predicted octanol–water partition coefficient (Wildman–Crippen LogP) is 1.59. The van der Waals surface area contributed by atoms with Gasteiger partial charge in [0.1, 0.15) is 5.03 Å². The van der Waals surface area contributed by atoms with Crippen molar-refractivity contribution >= 4 is 27.7 Å². The SMILES string of the molecule is CSc1nc(NCC2CCN(S(C)(=O)=O)CC2)ncc1C. The van der Waals surface area contributed by atoms with Crippen molar-refractivity contribution in [3.63, 3.8) is 0 Å². The highest BCUT2D eigenvalue weighted by Crippen LogP contribution is 2.21. The number of nitrogens with zero attached hydrogens (tertiary/aromatic N) is 3. The Kier molecular flexibility index (Phi) is 5.45. The van der Waals surface area contributed by atoms with Crippen LogP contribution in [0.5, 0.6) is 0 Å². The molecule has 0 unspecified atom stereocenters. The van der Waals surface area contributed by atoms with E-state index in [1.165, 1.54) is 6.26 Å². The number of aryl methyl sites for hydroxylation is 1. The van der Waals surface area contributed by atoms with Crippen LogP contribution in [0.3, 0.4) is 0 Å². The van der Waals surface area contributed by atoms with Crippen LogP contribution in [0.2, 0.25) is 0 Å². The lowest BCUT2D eigenvalue weighted by atomic mass is 9.98. The molecule has 0 amide bonds. The lowest BCUT2D eigenvalue weighted by molar-refractivity contribution is 0.283. The van der Waals surface area contributed by atoms with E-state index in [1.54, 1.807) is 16.1 Å². The summed E-state index contributed by atoms with van der Waals surface area (Å²) in [6.45, 7) is 4.00. The molecule has 1 N–H and O–H groups in total. The lowest BCUT2D eigenvalue weighted by Crippen LogP contribution is -2.39. The van der Waals surface area contributed by atoms with Gasteiger partial charge in [0.05, 0.1) is 6.26 Å². The summed E-state index contributed by atoms with van der Waals surface area (Å²) in [5.41, 5.74) is 1.08. The highest BCUT2D eigenvalue weighted by molar-refractivity contribution is 7.98. The molecule has 2 rings (SSSR count). The minimum Gasteiger partial charge on any atom is -0.354 e. The zero-order valence-electron chi connectivity index (χ0n) is 12.7. The van der Waals surface area contributed by atoms with Crippen LogP contribution in [0.4, 0.5) is 5.95 Å². The summed E-state index contributed by atoms with van der Waals surface area (Å²) in [6.07, 6.45) is 6.85. The fourth-order valence-electron chi connectivity index (χ4n) is 2.40. The first-order valence-electron chi connectivity index (χ1n) is 6.96. The summed E-state index contributed by atoms with van der Waals surface area (Å²) in [6, 6.07) is 0. The van der Waals surface area contributed by atoms with E-state index in [0.717, 1.165) is 30.0 Å². The number of nitrogens with one attached hydrogen (secondary N) is 1. The summed E-state index contributed by atoms with van der Waals surface area (Å²) in [4.78, 5) is 8.75. The van der Waals surface area contributed by atoms with Crippen molar-refractivity contribution in [1.29, 1.82) is 0 Å². The molecule has 6 nitrogen and oxygen atoms in total. The molecule has 2 heterocycles. The topological polar surface area (TPSA) is 75.2 Å². The van der Waals surface area contributed by atoms with Crippen molar-refractivity contribution in [2.75, 3.05) is 37.5 Å². The zero-order chi connectivity index (χ0) is 15.5. The molecule has 21 heavy (non-hydrogen) atoms. The van der Waals surface area contributed by atoms with E-state index in [4.69, 9.17) is 0 Å². The van der Waals surface area contributed by atoms with Crippen LogP contribution in [0, 0.1) is 12.8 Å². The summed E-state index contributed by atoms with van der Waals surface area (Å²) in [7, 11) is -3.04. The zero-order valence-corrected chi connectivity index (χ0v) is 14.3. The van der Waals surface area contributed by atoms with Crippen LogP contribution in [-0.2, 0) is 10.0 Å². The Balaban J connectivity index is 1.85. The quantitative estimate of drug-likeness (QED) is 0.653. The van der Waals surface area contributed by atoms with E-state index < -0.39 is 10.0 Å². The van der Waals surface area contributed by atoms with Crippen molar-refractivity contribution in [3.8, 4) is 0 Å². The third-order valence-electron chi connectivity index (χ3n) is 3.71. The van der Waals surface area contributed by atoms with Crippen LogP contribution >= 0.6 is 11.8 Å². The summed E-state index contributed by atoms with van der Waals surface area (Å²) in [5.74, 6) is 1.11. The molecule has 8 heteroatoms. The summed E-state index contributed by atoms with van der Waals surface area (Å²) >= 11 is 1.61. The van der Waals surface area contributed by atoms with Gasteiger partial charge in [-0.3, -0.25) is 0 Å². The number of aromatic nitrogens is 2. The third kappa shape index (κ3) is 4.55. The van der Waals surface area contributed by atoms with E-state index in [2.05, 4.69) is 15.3 Å². The van der Waals surface area contributed by atoms with Crippen LogP contribution < -0.4 is 5.32 Å². The van der Waals surface area contributed by atoms with E-state index in [1.807, 2.05) is 19.4 Å². The monoisotopic (exact) mass is 330 g/mol. The van der Waals surface area contributed by atoms with E-state index in [0.29, 0.717) is 25.0 Å². The molecule has 0 atom stereocenters. The summed E-state index contributed by atoms with van der Waals surface area (Å²) < 4.78 is 24.5. The Labute approximate surface area is 130 Å². The van der Waals surface area contributed by atoms with Gasteiger partial charge in [-0.05, 0) is 37.5 Å². The molecule has 1 aromatic heterocycles. The number of anilines is 1. The van der Waals surface area contributed by atoms with Crippen molar-refractivity contribution in [2.24, 2.45) is 5.92 Å². The first-order chi connectivity index (χ1) is 9.90. The van der Waals surface area contributed by atoms with Gasteiger partial charge in [-0.25, -0.2) is 22.7 Å². The smallest absolute Gasteiger partial charge is 0.223 e. The van der Waals surface area contributed by atoms with Gasteiger partial charge in [-0.2, -0.15) is 0 Å². The Hall–Kier alpha value is -0.860. The highest BCUT2D eigenvalue weighted by Gasteiger charge is 2.24. The van der Waals surface area contributed by atoms with Crippen molar-refractivity contribution < 1.29 is 8.42 Å². The second kappa shape index (κ2) is 6.93. The van der Waals surface area contributed by atoms with Gasteiger partial charge in [0.2, 0.25) is 16.0 Å². The highest BCUT2D eigenvalue weighted by atomic mass is 32.2. The Morgan fingerprint density at radius 3 is 2.67 bits per heavy atom. The van der Waals surface area contributed by atoms with Crippen molar-refractivity contribution in [2.45, 2.75) is 24.8 Å². The Bertz CT molecular complexity index is 584. The van der Waals surface area contributed by atoms with Crippen LogP contribution in [0.15, 0.2) is 11.2 Å². The van der Waals surface area contributed by atoms with Crippen molar-refractivity contribution in [3.05, 3.63) is 11.8 Å². The molecule has 118 valence electrons. The number of piperidine rings is 1. The number of rotatable bonds is 5. The van der Waals surface area contributed by atoms with Crippen LogP contribution in [0.25, 0.3) is 0 Å². The number of hydrogen-bond acceptors (Lipinski definition) is 6. The molecule has 1 aromatic rings. The second-order valence-electron chi connectivity index (χ2n) is 5.37. The normalized spacial score (nSPS) is 17.9. The molecule has 0 bridgehead atoms. The first-order valence-corrected chi connectivity index (χ1v) is 10.0. The minimum absolute atomic E-state index is 0.464. The first kappa shape index (κ1) is 16.5. The van der Waals surface area contributed by atoms with Gasteiger partial charge in [-0.1, -0.05) is 0 Å². The molecule has 1 fully saturated rings. The van der Waals surface area contributed by atoms with E-state index in [-0.39, 0.29) is 0 Å². The maximum atomic E-state index is 11.5. The molecule has 0 spiro atoms. The second-order valence-corrected chi connectivity index (χ2v) is 8.15. The Morgan fingerprint density at radius 1 is 1.43 bits per heavy atom. The van der Waals surface area contributed by atoms with Gasteiger partial charge in [0.15, 0.2) is 0 Å². The van der Waals surface area contributed by atoms with Gasteiger partial charge in [0, 0.05) is 25.8 Å². The Morgan fingerprint density at radius 2 is 2.10 bits per heavy atom. The predicted molar refractivity (Wildman–Crippen MR) is 86.2 cm³/mol. The third-order valence-corrected chi connectivity index (χ3v) is 5.81. The molecule has 1 saturated heterocycles. The lowest BCUT2D eigenvalue weighted by Gasteiger charge is -2.30. The molecule has 1 aliphatic heterocycles. The average Bonchev–Trinajstić information content (AvgIpc) is 2.46. The van der Waals surface area contributed by atoms with Crippen LogP contribution in [0.1, 0.15) is 18.4 Å².